The van der Waals surface area contributed by atoms with Crippen molar-refractivity contribution in [2.24, 2.45) is 50.2 Å². The fraction of sp³-hybridized carbons (Fsp3) is 0.933. The van der Waals surface area contributed by atoms with E-state index in [9.17, 15) is 15.3 Å². The second-order valence-corrected chi connectivity index (χ2v) is 15.1. The molecular weight excluding hydrogens is 408 g/mol. The summed E-state index contributed by atoms with van der Waals surface area (Å²) in [6.07, 6.45) is 11.9. The minimum atomic E-state index is -0.388. The molecule has 0 saturated heterocycles. The van der Waals surface area contributed by atoms with Crippen LogP contribution in [0.1, 0.15) is 106 Å². The summed E-state index contributed by atoms with van der Waals surface area (Å²) in [5, 5.41) is 32.3. The smallest absolute Gasteiger partial charge is 0.0618 e. The molecular formula is C30H50O3. The fourth-order valence-corrected chi connectivity index (χ4v) is 10.6. The molecule has 0 aromatic rings. The van der Waals surface area contributed by atoms with Gasteiger partial charge in [-0.05, 0) is 103 Å². The van der Waals surface area contributed by atoms with Crippen LogP contribution in [0.5, 0.6) is 0 Å². The van der Waals surface area contributed by atoms with Gasteiger partial charge in [0.05, 0.1) is 18.8 Å². The van der Waals surface area contributed by atoms with Crippen LogP contribution in [0.15, 0.2) is 11.6 Å². The predicted octanol–water partition coefficient (Wildman–Crippen LogP) is 6.11. The Hall–Kier alpha value is -0.380. The average molecular weight is 459 g/mol. The van der Waals surface area contributed by atoms with E-state index in [-0.39, 0.29) is 51.3 Å². The molecule has 0 heterocycles. The van der Waals surface area contributed by atoms with Gasteiger partial charge >= 0.3 is 0 Å². The summed E-state index contributed by atoms with van der Waals surface area (Å²) in [7, 11) is 0. The maximum Gasteiger partial charge on any atom is 0.0618 e. The van der Waals surface area contributed by atoms with E-state index in [1.165, 1.54) is 19.3 Å². The number of aliphatic hydroxyl groups is 3. The lowest BCUT2D eigenvalue weighted by Crippen LogP contribution is -2.65. The Bertz CT molecular complexity index is 847. The molecule has 33 heavy (non-hydrogen) atoms. The number of allylic oxidation sites excluding steroid dienone is 2. The quantitative estimate of drug-likeness (QED) is 0.415. The number of aliphatic hydroxyl groups excluding tert-OH is 3. The lowest BCUT2D eigenvalue weighted by Gasteiger charge is -2.71. The van der Waals surface area contributed by atoms with Crippen LogP contribution in [0, 0.1) is 50.2 Å². The zero-order valence-electron chi connectivity index (χ0n) is 22.4. The molecule has 10 atom stereocenters. The molecule has 0 aliphatic heterocycles. The molecule has 0 unspecified atom stereocenters. The normalized spacial score (nSPS) is 57.8. The van der Waals surface area contributed by atoms with Gasteiger partial charge in [-0.3, -0.25) is 0 Å². The molecule has 3 nitrogen and oxygen atoms in total. The molecule has 5 aliphatic carbocycles. The standard InChI is InChI=1S/C30H50O3/c1-25(2)16-20-19-8-9-22-27(4)12-11-23(32)28(5,18-31)21(27)10-13-30(22,7)29(19,6)15-14-26(20,3)17-24(25)33/h8,20-24,31-33H,9-18H2,1-7H3/t20-,21-,22+,23-,24-,26-,27-,28+,29+,30+/m0/s1. The molecule has 188 valence electrons. The van der Waals surface area contributed by atoms with Crippen molar-refractivity contribution in [1.29, 1.82) is 0 Å². The van der Waals surface area contributed by atoms with E-state index in [1.807, 2.05) is 0 Å². The van der Waals surface area contributed by atoms with Crippen LogP contribution in [-0.4, -0.2) is 34.1 Å². The molecule has 0 bridgehead atoms. The van der Waals surface area contributed by atoms with Crippen molar-refractivity contribution in [2.75, 3.05) is 6.61 Å². The van der Waals surface area contributed by atoms with Crippen molar-refractivity contribution in [1.82, 2.24) is 0 Å². The molecule has 0 amide bonds. The first-order chi connectivity index (χ1) is 15.2. The molecule has 5 rings (SSSR count). The SMILES string of the molecule is CC1(C)C[C@H]2C3=CC[C@@H]4[C@@]5(C)CC[C@H](O)[C@](C)(CO)[C@H]5CC[C@@]4(C)[C@]3(C)CC[C@@]2(C)C[C@@H]1O. The Labute approximate surface area is 202 Å². The molecule has 3 N–H and O–H groups in total. The summed E-state index contributed by atoms with van der Waals surface area (Å²) in [6, 6.07) is 0. The minimum absolute atomic E-state index is 0.0207. The predicted molar refractivity (Wildman–Crippen MR) is 134 cm³/mol. The molecule has 4 fully saturated rings. The van der Waals surface area contributed by atoms with Crippen LogP contribution in [0.25, 0.3) is 0 Å². The molecule has 0 aromatic heterocycles. The van der Waals surface area contributed by atoms with E-state index in [0.717, 1.165) is 38.5 Å². The summed E-state index contributed by atoms with van der Waals surface area (Å²) >= 11 is 0. The third-order valence-corrected chi connectivity index (χ3v) is 13.3. The summed E-state index contributed by atoms with van der Waals surface area (Å²) < 4.78 is 0. The fourth-order valence-electron chi connectivity index (χ4n) is 10.6. The van der Waals surface area contributed by atoms with Gasteiger partial charge in [0.25, 0.3) is 0 Å². The van der Waals surface area contributed by atoms with Gasteiger partial charge in [0.1, 0.15) is 0 Å². The van der Waals surface area contributed by atoms with Crippen molar-refractivity contribution < 1.29 is 15.3 Å². The van der Waals surface area contributed by atoms with Gasteiger partial charge in [-0.1, -0.05) is 60.1 Å². The van der Waals surface area contributed by atoms with E-state index in [2.05, 4.69) is 54.5 Å². The lowest BCUT2D eigenvalue weighted by atomic mass is 9.33. The maximum atomic E-state index is 10.9. The highest BCUT2D eigenvalue weighted by atomic mass is 16.3. The Morgan fingerprint density at radius 2 is 1.52 bits per heavy atom. The van der Waals surface area contributed by atoms with E-state index in [1.54, 1.807) is 5.57 Å². The number of fused-ring (bicyclic) bond motifs is 7. The third kappa shape index (κ3) is 2.91. The average Bonchev–Trinajstić information content (AvgIpc) is 2.73. The monoisotopic (exact) mass is 458 g/mol. The van der Waals surface area contributed by atoms with E-state index in [4.69, 9.17) is 0 Å². The van der Waals surface area contributed by atoms with Gasteiger partial charge in [-0.2, -0.15) is 0 Å². The van der Waals surface area contributed by atoms with Gasteiger partial charge in [0.15, 0.2) is 0 Å². The van der Waals surface area contributed by atoms with Gasteiger partial charge in [0.2, 0.25) is 0 Å². The maximum absolute atomic E-state index is 10.9. The second-order valence-electron chi connectivity index (χ2n) is 15.1. The molecule has 5 aliphatic rings. The van der Waals surface area contributed by atoms with Gasteiger partial charge in [0, 0.05) is 5.41 Å². The number of rotatable bonds is 1. The summed E-state index contributed by atoms with van der Waals surface area (Å²) in [6.45, 7) is 16.9. The van der Waals surface area contributed by atoms with Crippen LogP contribution in [0.4, 0.5) is 0 Å². The molecule has 3 heteroatoms. The largest absolute Gasteiger partial charge is 0.396 e. The lowest BCUT2D eigenvalue weighted by molar-refractivity contribution is -0.216. The number of hydrogen-bond donors (Lipinski definition) is 3. The zero-order chi connectivity index (χ0) is 24.2. The summed E-state index contributed by atoms with van der Waals surface area (Å²) in [5.74, 6) is 1.56. The first-order valence-electron chi connectivity index (χ1n) is 13.9. The molecule has 0 radical (unpaired) electrons. The number of hydrogen-bond acceptors (Lipinski definition) is 3. The van der Waals surface area contributed by atoms with Gasteiger partial charge in [-0.15, -0.1) is 0 Å². The van der Waals surface area contributed by atoms with Crippen LogP contribution in [-0.2, 0) is 0 Å². The zero-order valence-corrected chi connectivity index (χ0v) is 22.4. The molecule has 0 aromatic carbocycles. The van der Waals surface area contributed by atoms with Crippen molar-refractivity contribution in [3.63, 3.8) is 0 Å². The van der Waals surface area contributed by atoms with E-state index >= 15 is 0 Å². The van der Waals surface area contributed by atoms with Gasteiger partial charge < -0.3 is 15.3 Å². The minimum Gasteiger partial charge on any atom is -0.396 e. The first-order valence-corrected chi connectivity index (χ1v) is 13.9. The topological polar surface area (TPSA) is 60.7 Å². The first kappa shape index (κ1) is 24.3. The highest BCUT2D eigenvalue weighted by molar-refractivity contribution is 5.33. The van der Waals surface area contributed by atoms with E-state index in [0.29, 0.717) is 17.8 Å². The Balaban J connectivity index is 1.57. The van der Waals surface area contributed by atoms with E-state index < -0.39 is 0 Å². The molecule has 0 spiro atoms. The summed E-state index contributed by atoms with van der Waals surface area (Å²) in [4.78, 5) is 0. The Morgan fingerprint density at radius 1 is 0.818 bits per heavy atom. The second kappa shape index (κ2) is 7.10. The van der Waals surface area contributed by atoms with Gasteiger partial charge in [-0.25, -0.2) is 0 Å². The Morgan fingerprint density at radius 3 is 2.18 bits per heavy atom. The van der Waals surface area contributed by atoms with Crippen molar-refractivity contribution >= 4 is 0 Å². The van der Waals surface area contributed by atoms with Crippen LogP contribution < -0.4 is 0 Å². The summed E-state index contributed by atoms with van der Waals surface area (Å²) in [5.41, 5.74) is 2.16. The Kier molecular flexibility index (Phi) is 5.23. The van der Waals surface area contributed by atoms with Crippen LogP contribution >= 0.6 is 0 Å². The van der Waals surface area contributed by atoms with Crippen molar-refractivity contribution in [3.8, 4) is 0 Å². The van der Waals surface area contributed by atoms with Crippen molar-refractivity contribution in [3.05, 3.63) is 11.6 Å². The van der Waals surface area contributed by atoms with Crippen molar-refractivity contribution in [2.45, 2.75) is 118 Å². The highest BCUT2D eigenvalue weighted by Gasteiger charge is 2.68. The third-order valence-electron chi connectivity index (χ3n) is 13.3. The molecule has 4 saturated carbocycles. The highest BCUT2D eigenvalue weighted by Crippen LogP contribution is 2.75. The van der Waals surface area contributed by atoms with Crippen LogP contribution in [0.2, 0.25) is 0 Å². The van der Waals surface area contributed by atoms with Crippen LogP contribution in [0.3, 0.4) is 0 Å².